The Balaban J connectivity index is 2.20. The van der Waals surface area contributed by atoms with Gasteiger partial charge in [-0.05, 0) is 36.6 Å². The maximum Gasteiger partial charge on any atom is 0.339 e. The highest BCUT2D eigenvalue weighted by molar-refractivity contribution is 5.91. The zero-order valence-electron chi connectivity index (χ0n) is 11.6. The van der Waals surface area contributed by atoms with Crippen LogP contribution in [0.3, 0.4) is 0 Å². The van der Waals surface area contributed by atoms with Gasteiger partial charge in [-0.1, -0.05) is 0 Å². The van der Waals surface area contributed by atoms with Crippen molar-refractivity contribution in [2.75, 3.05) is 7.11 Å². The third-order valence-electron chi connectivity index (χ3n) is 3.30. The number of carbonyl (C=O) groups is 1. The molecule has 0 saturated carbocycles. The second-order valence-electron chi connectivity index (χ2n) is 4.60. The normalized spacial score (nSPS) is 10.8. The van der Waals surface area contributed by atoms with E-state index in [1.165, 1.54) is 10.9 Å². The quantitative estimate of drug-likeness (QED) is 0.798. The summed E-state index contributed by atoms with van der Waals surface area (Å²) in [5, 5.41) is 15.2. The van der Waals surface area contributed by atoms with Gasteiger partial charge in [-0.15, -0.1) is 0 Å². The second kappa shape index (κ2) is 4.90. The molecule has 0 aliphatic carbocycles. The van der Waals surface area contributed by atoms with E-state index in [0.717, 1.165) is 16.5 Å². The van der Waals surface area contributed by atoms with Gasteiger partial charge in [0, 0.05) is 17.8 Å². The molecule has 3 rings (SSSR count). The molecule has 0 bridgehead atoms. The minimum Gasteiger partial charge on any atom is -0.497 e. The van der Waals surface area contributed by atoms with Gasteiger partial charge in [0.15, 0.2) is 5.82 Å². The summed E-state index contributed by atoms with van der Waals surface area (Å²) in [5.41, 5.74) is 0.622. The first-order chi connectivity index (χ1) is 10.1. The van der Waals surface area contributed by atoms with E-state index in [2.05, 4.69) is 10.1 Å². The molecular weight excluding hydrogens is 270 g/mol. The van der Waals surface area contributed by atoms with Crippen LogP contribution in [-0.2, 0) is 0 Å². The number of pyridine rings is 1. The van der Waals surface area contributed by atoms with Crippen LogP contribution < -0.4 is 4.74 Å². The Morgan fingerprint density at radius 3 is 2.81 bits per heavy atom. The highest BCUT2D eigenvalue weighted by atomic mass is 16.5. The lowest BCUT2D eigenvalue weighted by molar-refractivity contribution is 0.0696. The van der Waals surface area contributed by atoms with Gasteiger partial charge in [-0.25, -0.2) is 14.5 Å². The minimum atomic E-state index is -0.999. The summed E-state index contributed by atoms with van der Waals surface area (Å²) in [4.78, 5) is 15.4. The minimum absolute atomic E-state index is 0.169. The maximum atomic E-state index is 11.1. The smallest absolute Gasteiger partial charge is 0.339 e. The van der Waals surface area contributed by atoms with Gasteiger partial charge in [0.1, 0.15) is 11.3 Å². The number of hydrogen-bond donors (Lipinski definition) is 1. The van der Waals surface area contributed by atoms with Crippen molar-refractivity contribution in [2.24, 2.45) is 0 Å². The first-order valence-electron chi connectivity index (χ1n) is 6.33. The molecule has 0 fully saturated rings. The Bertz CT molecular complexity index is 839. The summed E-state index contributed by atoms with van der Waals surface area (Å²) in [7, 11) is 1.61. The van der Waals surface area contributed by atoms with E-state index in [9.17, 15) is 4.79 Å². The van der Waals surface area contributed by atoms with Crippen molar-refractivity contribution >= 4 is 16.7 Å². The molecule has 0 radical (unpaired) electrons. The van der Waals surface area contributed by atoms with Crippen LogP contribution in [0, 0.1) is 6.92 Å². The topological polar surface area (TPSA) is 77.2 Å². The summed E-state index contributed by atoms with van der Waals surface area (Å²) < 4.78 is 6.70. The molecule has 0 amide bonds. The summed E-state index contributed by atoms with van der Waals surface area (Å²) in [6.07, 6.45) is 3.14. The van der Waals surface area contributed by atoms with Crippen molar-refractivity contribution in [2.45, 2.75) is 6.92 Å². The number of rotatable bonds is 3. The first-order valence-corrected chi connectivity index (χ1v) is 6.33. The van der Waals surface area contributed by atoms with Crippen molar-refractivity contribution < 1.29 is 14.6 Å². The fraction of sp³-hybridized carbons (Fsp3) is 0.133. The van der Waals surface area contributed by atoms with E-state index in [4.69, 9.17) is 9.84 Å². The van der Waals surface area contributed by atoms with Gasteiger partial charge >= 0.3 is 5.97 Å². The van der Waals surface area contributed by atoms with Crippen LogP contribution in [0.1, 0.15) is 16.1 Å². The molecule has 0 aliphatic heterocycles. The molecule has 0 saturated heterocycles. The van der Waals surface area contributed by atoms with E-state index >= 15 is 0 Å². The van der Waals surface area contributed by atoms with Crippen LogP contribution in [0.2, 0.25) is 0 Å². The lowest BCUT2D eigenvalue weighted by Gasteiger charge is -2.07. The van der Waals surface area contributed by atoms with E-state index in [1.807, 2.05) is 24.3 Å². The van der Waals surface area contributed by atoms with E-state index in [0.29, 0.717) is 11.5 Å². The zero-order chi connectivity index (χ0) is 15.0. The predicted octanol–water partition coefficient (Wildman–Crippen LogP) is 2.44. The third kappa shape index (κ3) is 2.20. The van der Waals surface area contributed by atoms with Gasteiger partial charge in [0.25, 0.3) is 0 Å². The highest BCUT2D eigenvalue weighted by Crippen LogP contribution is 2.24. The molecule has 6 heteroatoms. The van der Waals surface area contributed by atoms with Crippen molar-refractivity contribution in [3.05, 3.63) is 47.9 Å². The summed E-state index contributed by atoms with van der Waals surface area (Å²) in [6, 6.07) is 7.49. The van der Waals surface area contributed by atoms with Crippen LogP contribution in [0.4, 0.5) is 0 Å². The standard InChI is InChI=1S/C15H13N3O3/c1-9-13(15(19)20)8-18(17-9)14-12-4-3-11(21-2)7-10(12)5-6-16-14/h3-8H,1-2H3,(H,19,20). The molecule has 0 aliphatic rings. The molecule has 3 aromatic rings. The number of aromatic carboxylic acids is 1. The molecule has 0 unspecified atom stereocenters. The van der Waals surface area contributed by atoms with Crippen molar-refractivity contribution in [3.63, 3.8) is 0 Å². The number of methoxy groups -OCH3 is 1. The van der Waals surface area contributed by atoms with E-state index < -0.39 is 5.97 Å². The van der Waals surface area contributed by atoms with Crippen LogP contribution in [0.15, 0.2) is 36.7 Å². The number of carboxylic acids is 1. The molecule has 2 aromatic heterocycles. The van der Waals surface area contributed by atoms with Crippen LogP contribution >= 0.6 is 0 Å². The predicted molar refractivity (Wildman–Crippen MR) is 77.1 cm³/mol. The maximum absolute atomic E-state index is 11.1. The number of hydrogen-bond acceptors (Lipinski definition) is 4. The van der Waals surface area contributed by atoms with Crippen molar-refractivity contribution in [1.82, 2.24) is 14.8 Å². The Morgan fingerprint density at radius 1 is 1.33 bits per heavy atom. The monoisotopic (exact) mass is 283 g/mol. The molecule has 0 atom stereocenters. The van der Waals surface area contributed by atoms with Gasteiger partial charge in [0.2, 0.25) is 0 Å². The molecular formula is C15H13N3O3. The zero-order valence-corrected chi connectivity index (χ0v) is 11.6. The number of ether oxygens (including phenoxy) is 1. The molecule has 21 heavy (non-hydrogen) atoms. The lowest BCUT2D eigenvalue weighted by Crippen LogP contribution is -1.99. The summed E-state index contributed by atoms with van der Waals surface area (Å²) in [6.45, 7) is 1.66. The largest absolute Gasteiger partial charge is 0.497 e. The van der Waals surface area contributed by atoms with Gasteiger partial charge in [-0.2, -0.15) is 5.10 Å². The number of benzene rings is 1. The SMILES string of the molecule is COc1ccc2c(-n3cc(C(=O)O)c(C)n3)nccc2c1. The van der Waals surface area contributed by atoms with Crippen molar-refractivity contribution in [1.29, 1.82) is 0 Å². The highest BCUT2D eigenvalue weighted by Gasteiger charge is 2.14. The van der Waals surface area contributed by atoms with Gasteiger partial charge in [0.05, 0.1) is 12.8 Å². The van der Waals surface area contributed by atoms with Gasteiger partial charge < -0.3 is 9.84 Å². The fourth-order valence-electron chi connectivity index (χ4n) is 2.23. The Kier molecular flexibility index (Phi) is 3.06. The Labute approximate surface area is 120 Å². The number of aromatic nitrogens is 3. The summed E-state index contributed by atoms with van der Waals surface area (Å²) >= 11 is 0. The van der Waals surface area contributed by atoms with Crippen LogP contribution in [-0.4, -0.2) is 33.0 Å². The van der Waals surface area contributed by atoms with Gasteiger partial charge in [-0.3, -0.25) is 0 Å². The molecule has 0 spiro atoms. The van der Waals surface area contributed by atoms with Crippen molar-refractivity contribution in [3.8, 4) is 11.6 Å². The van der Waals surface area contributed by atoms with E-state index in [-0.39, 0.29) is 5.56 Å². The van der Waals surface area contributed by atoms with Crippen LogP contribution in [0.25, 0.3) is 16.6 Å². The average molecular weight is 283 g/mol. The van der Waals surface area contributed by atoms with E-state index in [1.54, 1.807) is 20.2 Å². The molecule has 1 N–H and O–H groups in total. The number of nitrogens with zero attached hydrogens (tertiary/aromatic N) is 3. The Hall–Kier alpha value is -2.89. The molecule has 2 heterocycles. The average Bonchev–Trinajstić information content (AvgIpc) is 2.88. The molecule has 106 valence electrons. The van der Waals surface area contributed by atoms with Crippen LogP contribution in [0.5, 0.6) is 5.75 Å². The molecule has 1 aromatic carbocycles. The lowest BCUT2D eigenvalue weighted by atomic mass is 10.1. The number of carboxylic acid groups (broad SMARTS) is 1. The molecule has 6 nitrogen and oxygen atoms in total. The first kappa shape index (κ1) is 13.1. The fourth-order valence-corrected chi connectivity index (χ4v) is 2.23. The number of aryl methyl sites for hydroxylation is 1. The Morgan fingerprint density at radius 2 is 2.14 bits per heavy atom. The second-order valence-corrected chi connectivity index (χ2v) is 4.60. The number of fused-ring (bicyclic) bond motifs is 1. The summed E-state index contributed by atoms with van der Waals surface area (Å²) in [5.74, 6) is 0.342. The third-order valence-corrected chi connectivity index (χ3v) is 3.30.